The highest BCUT2D eigenvalue weighted by atomic mass is 15.1. The van der Waals surface area contributed by atoms with E-state index < -0.39 is 0 Å². The van der Waals surface area contributed by atoms with Crippen molar-refractivity contribution in [3.63, 3.8) is 0 Å². The summed E-state index contributed by atoms with van der Waals surface area (Å²) in [5.41, 5.74) is 9.88. The lowest BCUT2D eigenvalue weighted by Crippen LogP contribution is -2.10. The van der Waals surface area contributed by atoms with Gasteiger partial charge in [-0.3, -0.25) is 0 Å². The molecular formula is C15H17N5. The molecule has 2 aromatic rings. The normalized spacial score (nSPS) is 9.90. The van der Waals surface area contributed by atoms with Gasteiger partial charge in [0, 0.05) is 31.7 Å². The molecule has 1 aromatic carbocycles. The van der Waals surface area contributed by atoms with Crippen LogP contribution in [0.2, 0.25) is 0 Å². The third-order valence-corrected chi connectivity index (χ3v) is 3.06. The molecule has 20 heavy (non-hydrogen) atoms. The average molecular weight is 267 g/mol. The minimum absolute atomic E-state index is 0.363. The molecule has 0 radical (unpaired) electrons. The Hall–Kier alpha value is -2.74. The molecule has 0 amide bonds. The minimum Gasteiger partial charge on any atom is -0.395 e. The van der Waals surface area contributed by atoms with Crippen LogP contribution >= 0.6 is 0 Å². The Morgan fingerprint density at radius 2 is 2.05 bits per heavy atom. The van der Waals surface area contributed by atoms with Gasteiger partial charge in [0.05, 0.1) is 11.3 Å². The van der Waals surface area contributed by atoms with Gasteiger partial charge in [-0.1, -0.05) is 6.07 Å². The predicted molar refractivity (Wildman–Crippen MR) is 82.2 cm³/mol. The second-order valence-electron chi connectivity index (χ2n) is 4.75. The number of nitrogens with two attached hydrogens (primary N) is 1. The maximum atomic E-state index is 8.97. The highest BCUT2D eigenvalue weighted by Crippen LogP contribution is 2.27. The number of hydrogen-bond acceptors (Lipinski definition) is 5. The summed E-state index contributed by atoms with van der Waals surface area (Å²) in [6, 6.07) is 9.66. The molecule has 1 heterocycles. The van der Waals surface area contributed by atoms with Gasteiger partial charge in [0.2, 0.25) is 0 Å². The first-order valence-electron chi connectivity index (χ1n) is 6.22. The lowest BCUT2D eigenvalue weighted by Gasteiger charge is -2.17. The van der Waals surface area contributed by atoms with Crippen LogP contribution in [-0.2, 0) is 0 Å². The van der Waals surface area contributed by atoms with E-state index in [1.807, 2.05) is 43.3 Å². The quantitative estimate of drug-likeness (QED) is 0.893. The van der Waals surface area contributed by atoms with Crippen LogP contribution in [0.5, 0.6) is 0 Å². The predicted octanol–water partition coefficient (Wildman–Crippen LogP) is 2.65. The largest absolute Gasteiger partial charge is 0.395 e. The summed E-state index contributed by atoms with van der Waals surface area (Å²) < 4.78 is 0. The molecule has 0 aliphatic rings. The number of pyridine rings is 1. The zero-order chi connectivity index (χ0) is 14.7. The van der Waals surface area contributed by atoms with E-state index in [0.717, 1.165) is 11.4 Å². The fourth-order valence-electron chi connectivity index (χ4n) is 1.98. The van der Waals surface area contributed by atoms with Gasteiger partial charge >= 0.3 is 0 Å². The van der Waals surface area contributed by atoms with Gasteiger partial charge < -0.3 is 16.0 Å². The topological polar surface area (TPSA) is 78.0 Å². The third-order valence-electron chi connectivity index (χ3n) is 3.06. The van der Waals surface area contributed by atoms with Crippen molar-refractivity contribution in [1.29, 1.82) is 5.26 Å². The van der Waals surface area contributed by atoms with Crippen LogP contribution in [0.25, 0.3) is 0 Å². The Morgan fingerprint density at radius 1 is 1.30 bits per heavy atom. The minimum atomic E-state index is 0.363. The second kappa shape index (κ2) is 5.49. The maximum absolute atomic E-state index is 8.97. The van der Waals surface area contributed by atoms with Gasteiger partial charge in [-0.25, -0.2) is 4.98 Å². The molecule has 0 bridgehead atoms. The van der Waals surface area contributed by atoms with Crippen molar-refractivity contribution in [1.82, 2.24) is 4.98 Å². The monoisotopic (exact) mass is 267 g/mol. The van der Waals surface area contributed by atoms with Gasteiger partial charge in [-0.05, 0) is 30.7 Å². The van der Waals surface area contributed by atoms with Crippen molar-refractivity contribution < 1.29 is 0 Å². The zero-order valence-corrected chi connectivity index (χ0v) is 11.8. The zero-order valence-electron chi connectivity index (χ0n) is 11.8. The van der Waals surface area contributed by atoms with Crippen molar-refractivity contribution >= 4 is 22.9 Å². The smallest absolute Gasteiger partial charge is 0.154 e. The highest BCUT2D eigenvalue weighted by Gasteiger charge is 2.08. The fourth-order valence-corrected chi connectivity index (χ4v) is 1.98. The second-order valence-corrected chi connectivity index (χ2v) is 4.75. The van der Waals surface area contributed by atoms with Crippen LogP contribution in [-0.4, -0.2) is 19.1 Å². The van der Waals surface area contributed by atoms with Gasteiger partial charge in [0.15, 0.2) is 5.82 Å². The van der Waals surface area contributed by atoms with E-state index in [-0.39, 0.29) is 0 Å². The number of nitrogen functional groups attached to an aromatic ring is 1. The molecule has 0 aliphatic carbocycles. The molecule has 5 nitrogen and oxygen atoms in total. The molecule has 3 N–H and O–H groups in total. The SMILES string of the molecule is Cc1ccc(Nc2nccc(C#N)c2N)cc1N(C)C. The Balaban J connectivity index is 2.36. The molecule has 0 fully saturated rings. The number of nitrogens with one attached hydrogen (secondary N) is 1. The lowest BCUT2D eigenvalue weighted by atomic mass is 10.1. The molecule has 1 aromatic heterocycles. The Morgan fingerprint density at radius 3 is 2.70 bits per heavy atom. The van der Waals surface area contributed by atoms with E-state index >= 15 is 0 Å². The van der Waals surface area contributed by atoms with Crippen molar-refractivity contribution in [2.75, 3.05) is 30.0 Å². The number of aromatic nitrogens is 1. The summed E-state index contributed by atoms with van der Waals surface area (Å²) >= 11 is 0. The summed E-state index contributed by atoms with van der Waals surface area (Å²) in [5, 5.41) is 12.1. The van der Waals surface area contributed by atoms with E-state index in [9.17, 15) is 0 Å². The standard InChI is InChI=1S/C15H17N5/c1-10-4-5-12(8-13(10)20(2)3)19-15-14(17)11(9-16)6-7-18-15/h4-8H,17H2,1-3H3,(H,18,19). The van der Waals surface area contributed by atoms with E-state index in [1.165, 1.54) is 5.56 Å². The summed E-state index contributed by atoms with van der Waals surface area (Å²) in [7, 11) is 3.99. The summed E-state index contributed by atoms with van der Waals surface area (Å²) in [4.78, 5) is 6.22. The Kier molecular flexibility index (Phi) is 3.76. The Labute approximate surface area is 118 Å². The van der Waals surface area contributed by atoms with E-state index in [1.54, 1.807) is 12.3 Å². The number of anilines is 4. The van der Waals surface area contributed by atoms with Crippen molar-refractivity contribution in [3.05, 3.63) is 41.6 Å². The third kappa shape index (κ3) is 2.64. The van der Waals surface area contributed by atoms with Crippen LogP contribution in [0.15, 0.2) is 30.5 Å². The van der Waals surface area contributed by atoms with E-state index in [4.69, 9.17) is 11.0 Å². The maximum Gasteiger partial charge on any atom is 0.154 e. The molecule has 0 spiro atoms. The molecule has 0 atom stereocenters. The first kappa shape index (κ1) is 13.7. The molecule has 5 heteroatoms. The van der Waals surface area contributed by atoms with Gasteiger partial charge in [0.25, 0.3) is 0 Å². The van der Waals surface area contributed by atoms with Crippen molar-refractivity contribution in [3.8, 4) is 6.07 Å². The number of aryl methyl sites for hydroxylation is 1. The van der Waals surface area contributed by atoms with Crippen molar-refractivity contribution in [2.24, 2.45) is 0 Å². The van der Waals surface area contributed by atoms with Crippen LogP contribution in [0, 0.1) is 18.3 Å². The van der Waals surface area contributed by atoms with E-state index in [0.29, 0.717) is 17.1 Å². The number of nitriles is 1. The molecule has 2 rings (SSSR count). The number of benzene rings is 1. The lowest BCUT2D eigenvalue weighted by molar-refractivity contribution is 1.11. The summed E-state index contributed by atoms with van der Waals surface area (Å²) in [6.45, 7) is 2.06. The van der Waals surface area contributed by atoms with Crippen LogP contribution in [0.1, 0.15) is 11.1 Å². The van der Waals surface area contributed by atoms with Crippen molar-refractivity contribution in [2.45, 2.75) is 6.92 Å². The number of rotatable bonds is 3. The first-order valence-corrected chi connectivity index (χ1v) is 6.22. The molecular weight excluding hydrogens is 250 g/mol. The fraction of sp³-hybridized carbons (Fsp3) is 0.200. The molecule has 0 unspecified atom stereocenters. The Bertz CT molecular complexity index is 670. The van der Waals surface area contributed by atoms with Gasteiger partial charge in [0.1, 0.15) is 6.07 Å². The molecule has 102 valence electrons. The average Bonchev–Trinajstić information content (AvgIpc) is 2.43. The molecule has 0 saturated heterocycles. The number of hydrogen-bond donors (Lipinski definition) is 2. The van der Waals surface area contributed by atoms with Crippen LogP contribution in [0.3, 0.4) is 0 Å². The summed E-state index contributed by atoms with van der Waals surface area (Å²) in [6.07, 6.45) is 1.57. The van der Waals surface area contributed by atoms with Crippen LogP contribution < -0.4 is 16.0 Å². The van der Waals surface area contributed by atoms with E-state index in [2.05, 4.69) is 17.2 Å². The molecule has 0 aliphatic heterocycles. The molecule has 0 saturated carbocycles. The first-order chi connectivity index (χ1) is 9.52. The van der Waals surface area contributed by atoms with Crippen LogP contribution in [0.4, 0.5) is 22.9 Å². The van der Waals surface area contributed by atoms with Gasteiger partial charge in [-0.15, -0.1) is 0 Å². The summed E-state index contributed by atoms with van der Waals surface area (Å²) in [5.74, 6) is 0.498. The highest BCUT2D eigenvalue weighted by molar-refractivity contribution is 5.75. The van der Waals surface area contributed by atoms with Gasteiger partial charge in [-0.2, -0.15) is 5.26 Å². The number of nitrogens with zero attached hydrogens (tertiary/aromatic N) is 3.